The Kier molecular flexibility index (Phi) is 5.34. The zero-order valence-corrected chi connectivity index (χ0v) is 16.2. The maximum absolute atomic E-state index is 12.4. The number of rotatable bonds is 5. The van der Waals surface area contributed by atoms with Crippen LogP contribution in [-0.2, 0) is 4.79 Å². The maximum atomic E-state index is 12.4. The topological polar surface area (TPSA) is 60.3 Å². The molecule has 1 aromatic heterocycles. The van der Waals surface area contributed by atoms with Gasteiger partial charge in [0, 0.05) is 16.8 Å². The van der Waals surface area contributed by atoms with Crippen molar-refractivity contribution in [3.63, 3.8) is 0 Å². The molecule has 0 saturated heterocycles. The van der Waals surface area contributed by atoms with Gasteiger partial charge in [-0.3, -0.25) is 14.2 Å². The number of hydrogen-bond donors (Lipinski definition) is 1. The van der Waals surface area contributed by atoms with Crippen molar-refractivity contribution in [1.82, 2.24) is 4.57 Å². The zero-order valence-electron chi connectivity index (χ0n) is 14.7. The minimum Gasteiger partial charge on any atom is -0.481 e. The number of fused-ring (bicyclic) bond motifs is 1. The number of anilines is 1. The van der Waals surface area contributed by atoms with Gasteiger partial charge in [0.15, 0.2) is 6.10 Å². The molecule has 0 bridgehead atoms. The highest BCUT2D eigenvalue weighted by Crippen LogP contribution is 2.24. The van der Waals surface area contributed by atoms with Gasteiger partial charge in [0.05, 0.1) is 10.2 Å². The van der Waals surface area contributed by atoms with Gasteiger partial charge in [-0.05, 0) is 57.2 Å². The van der Waals surface area contributed by atoms with E-state index in [-0.39, 0.29) is 16.8 Å². The summed E-state index contributed by atoms with van der Waals surface area (Å²) >= 11 is 7.09. The van der Waals surface area contributed by atoms with Crippen molar-refractivity contribution in [2.24, 2.45) is 0 Å². The summed E-state index contributed by atoms with van der Waals surface area (Å²) in [6.07, 6.45) is -0.692. The lowest BCUT2D eigenvalue weighted by Crippen LogP contribution is -2.30. The highest BCUT2D eigenvalue weighted by atomic mass is 35.5. The first-order chi connectivity index (χ1) is 12.3. The molecule has 3 rings (SSSR count). The van der Waals surface area contributed by atoms with E-state index >= 15 is 0 Å². The lowest BCUT2D eigenvalue weighted by atomic mass is 10.2. The molecule has 1 atom stereocenters. The summed E-state index contributed by atoms with van der Waals surface area (Å²) in [7, 11) is 0. The molecule has 1 N–H and O–H groups in total. The number of carbonyl (C=O) groups excluding carboxylic acids is 1. The largest absolute Gasteiger partial charge is 0.481 e. The average Bonchev–Trinajstić information content (AvgIpc) is 2.89. The van der Waals surface area contributed by atoms with E-state index in [0.717, 1.165) is 10.2 Å². The van der Waals surface area contributed by atoms with Crippen LogP contribution in [0, 0.1) is 0 Å². The molecule has 0 unspecified atom stereocenters. The van der Waals surface area contributed by atoms with Gasteiger partial charge in [-0.1, -0.05) is 29.0 Å². The second kappa shape index (κ2) is 7.51. The fraction of sp³-hybridized carbons (Fsp3) is 0.263. The van der Waals surface area contributed by atoms with Crippen LogP contribution in [0.1, 0.15) is 26.8 Å². The highest BCUT2D eigenvalue weighted by molar-refractivity contribution is 7.16. The summed E-state index contributed by atoms with van der Waals surface area (Å²) < 4.78 is 8.21. The molecule has 7 heteroatoms. The number of carbonyl (C=O) groups is 1. The third-order valence-corrected chi connectivity index (χ3v) is 5.03. The number of amides is 1. The van der Waals surface area contributed by atoms with Gasteiger partial charge in [-0.2, -0.15) is 0 Å². The molecule has 0 aliphatic heterocycles. The summed E-state index contributed by atoms with van der Waals surface area (Å²) in [6.45, 7) is 5.61. The number of benzene rings is 2. The molecule has 0 aliphatic carbocycles. The van der Waals surface area contributed by atoms with E-state index in [1.807, 2.05) is 26.0 Å². The fourth-order valence-electron chi connectivity index (χ4n) is 2.65. The SMILES string of the molecule is CC(C)n1c(=O)sc2cc(NC(=O)[C@@H](C)Oc3cccc(Cl)c3)ccc21. The lowest BCUT2D eigenvalue weighted by molar-refractivity contribution is -0.122. The van der Waals surface area contributed by atoms with E-state index in [2.05, 4.69) is 5.32 Å². The first-order valence-electron chi connectivity index (χ1n) is 8.23. The minimum atomic E-state index is -0.692. The van der Waals surface area contributed by atoms with Crippen molar-refractivity contribution < 1.29 is 9.53 Å². The van der Waals surface area contributed by atoms with Gasteiger partial charge in [0.25, 0.3) is 5.91 Å². The number of thiazole rings is 1. The number of nitrogens with zero attached hydrogens (tertiary/aromatic N) is 1. The smallest absolute Gasteiger partial charge is 0.308 e. The Morgan fingerprint density at radius 1 is 1.19 bits per heavy atom. The lowest BCUT2D eigenvalue weighted by Gasteiger charge is -2.15. The molecule has 26 heavy (non-hydrogen) atoms. The maximum Gasteiger partial charge on any atom is 0.308 e. The Hall–Kier alpha value is -2.31. The first kappa shape index (κ1) is 18.5. The van der Waals surface area contributed by atoms with E-state index in [4.69, 9.17) is 16.3 Å². The molecule has 0 radical (unpaired) electrons. The number of aromatic nitrogens is 1. The van der Waals surface area contributed by atoms with E-state index in [1.54, 1.807) is 41.8 Å². The second-order valence-corrected chi connectivity index (χ2v) is 7.65. The van der Waals surface area contributed by atoms with Crippen LogP contribution in [0.3, 0.4) is 0 Å². The molecule has 1 heterocycles. The summed E-state index contributed by atoms with van der Waals surface area (Å²) in [4.78, 5) is 24.5. The predicted molar refractivity (Wildman–Crippen MR) is 107 cm³/mol. The van der Waals surface area contributed by atoms with E-state index in [0.29, 0.717) is 16.5 Å². The minimum absolute atomic E-state index is 0.00358. The third-order valence-electron chi connectivity index (χ3n) is 3.88. The Labute approximate surface area is 160 Å². The molecule has 5 nitrogen and oxygen atoms in total. The van der Waals surface area contributed by atoms with Crippen LogP contribution in [0.4, 0.5) is 5.69 Å². The normalized spacial score (nSPS) is 12.3. The van der Waals surface area contributed by atoms with E-state index in [1.165, 1.54) is 11.3 Å². The van der Waals surface area contributed by atoms with Crippen molar-refractivity contribution in [2.75, 3.05) is 5.32 Å². The van der Waals surface area contributed by atoms with Crippen molar-refractivity contribution in [3.8, 4) is 5.75 Å². The molecular weight excluding hydrogens is 372 g/mol. The summed E-state index contributed by atoms with van der Waals surface area (Å²) in [6, 6.07) is 12.4. The van der Waals surface area contributed by atoms with Crippen LogP contribution >= 0.6 is 22.9 Å². The van der Waals surface area contributed by atoms with Gasteiger partial charge < -0.3 is 10.1 Å². The Bertz CT molecular complexity index is 1010. The molecule has 3 aromatic rings. The molecule has 0 fully saturated rings. The van der Waals surface area contributed by atoms with E-state index < -0.39 is 6.10 Å². The summed E-state index contributed by atoms with van der Waals surface area (Å²) in [5.74, 6) is 0.253. The molecule has 0 spiro atoms. The van der Waals surface area contributed by atoms with Crippen LogP contribution in [0.5, 0.6) is 5.75 Å². The fourth-order valence-corrected chi connectivity index (χ4v) is 3.88. The van der Waals surface area contributed by atoms with Crippen molar-refractivity contribution in [2.45, 2.75) is 32.9 Å². The second-order valence-electron chi connectivity index (χ2n) is 6.22. The molecule has 2 aromatic carbocycles. The van der Waals surface area contributed by atoms with Gasteiger partial charge in [0.1, 0.15) is 5.75 Å². The van der Waals surface area contributed by atoms with Crippen LogP contribution < -0.4 is 14.9 Å². The van der Waals surface area contributed by atoms with Crippen molar-refractivity contribution >= 4 is 44.7 Å². The van der Waals surface area contributed by atoms with Gasteiger partial charge >= 0.3 is 4.87 Å². The molecule has 0 saturated carbocycles. The van der Waals surface area contributed by atoms with Crippen molar-refractivity contribution in [3.05, 3.63) is 57.2 Å². The van der Waals surface area contributed by atoms with Crippen LogP contribution in [0.2, 0.25) is 5.02 Å². The van der Waals surface area contributed by atoms with Gasteiger partial charge in [0.2, 0.25) is 0 Å². The van der Waals surface area contributed by atoms with Crippen LogP contribution in [-0.4, -0.2) is 16.6 Å². The first-order valence-corrected chi connectivity index (χ1v) is 9.43. The molecule has 136 valence electrons. The van der Waals surface area contributed by atoms with Crippen molar-refractivity contribution in [1.29, 1.82) is 0 Å². The van der Waals surface area contributed by atoms with Gasteiger partial charge in [-0.15, -0.1) is 0 Å². The Balaban J connectivity index is 1.75. The zero-order chi connectivity index (χ0) is 18.8. The third kappa shape index (κ3) is 3.92. The number of nitrogens with one attached hydrogen (secondary N) is 1. The quantitative estimate of drug-likeness (QED) is 0.686. The highest BCUT2D eigenvalue weighted by Gasteiger charge is 2.16. The number of ether oxygens (including phenoxy) is 1. The van der Waals surface area contributed by atoms with Crippen LogP contribution in [0.25, 0.3) is 10.2 Å². The van der Waals surface area contributed by atoms with Gasteiger partial charge in [-0.25, -0.2) is 0 Å². The number of halogens is 1. The standard InChI is InChI=1S/C19H19ClN2O3S/c1-11(2)22-16-8-7-14(10-17(16)26-19(22)24)21-18(23)12(3)25-15-6-4-5-13(20)9-15/h4-12H,1-3H3,(H,21,23)/t12-/m1/s1. The average molecular weight is 391 g/mol. The predicted octanol–water partition coefficient (Wildman–Crippen LogP) is 4.70. The van der Waals surface area contributed by atoms with Crippen LogP contribution in [0.15, 0.2) is 47.3 Å². The monoisotopic (exact) mass is 390 g/mol. The molecular formula is C19H19ClN2O3S. The molecule has 0 aliphatic rings. The van der Waals surface area contributed by atoms with E-state index in [9.17, 15) is 9.59 Å². The summed E-state index contributed by atoms with van der Waals surface area (Å²) in [5, 5.41) is 3.37. The summed E-state index contributed by atoms with van der Waals surface area (Å²) in [5.41, 5.74) is 1.50. The Morgan fingerprint density at radius 2 is 1.96 bits per heavy atom. The Morgan fingerprint density at radius 3 is 2.65 bits per heavy atom. The molecule has 1 amide bonds. The number of hydrogen-bond acceptors (Lipinski definition) is 4.